The van der Waals surface area contributed by atoms with Crippen molar-refractivity contribution in [1.29, 1.82) is 0 Å². The molecule has 0 heterocycles. The zero-order valence-electron chi connectivity index (χ0n) is 10.9. The van der Waals surface area contributed by atoms with Crippen molar-refractivity contribution < 1.29 is 9.47 Å². The van der Waals surface area contributed by atoms with E-state index in [-0.39, 0.29) is 0 Å². The first kappa shape index (κ1) is 13.9. The van der Waals surface area contributed by atoms with Gasteiger partial charge in [-0.2, -0.15) is 0 Å². The second-order valence-corrected chi connectivity index (χ2v) is 4.97. The van der Waals surface area contributed by atoms with Gasteiger partial charge in [-0.05, 0) is 37.6 Å². The van der Waals surface area contributed by atoms with Gasteiger partial charge in [0.05, 0.1) is 0 Å². The molecule has 1 aliphatic rings. The van der Waals surface area contributed by atoms with Crippen LogP contribution in [-0.2, 0) is 9.47 Å². The molecule has 0 radical (unpaired) electrons. The Morgan fingerprint density at radius 1 is 1.06 bits per heavy atom. The molecule has 0 unspecified atom stereocenters. The number of hydrogen-bond acceptors (Lipinski definition) is 3. The van der Waals surface area contributed by atoms with E-state index < -0.39 is 0 Å². The van der Waals surface area contributed by atoms with Gasteiger partial charge in [-0.3, -0.25) is 0 Å². The minimum atomic E-state index is 0.517. The number of hydrogen-bond donors (Lipinski definition) is 1. The third-order valence-electron chi connectivity index (χ3n) is 3.70. The molecule has 1 rings (SSSR count). The molecule has 3 heteroatoms. The average Bonchev–Trinajstić information content (AvgIpc) is 2.76. The van der Waals surface area contributed by atoms with Crippen LogP contribution in [0.3, 0.4) is 0 Å². The van der Waals surface area contributed by atoms with Crippen molar-refractivity contribution in [1.82, 2.24) is 5.32 Å². The molecule has 0 aromatic rings. The standard InChI is InChI=1S/C13H27NO2/c1-15-10-5-9-14-12-13(8-11-16-2)6-3-4-7-13/h14H,3-12H2,1-2H3. The fraction of sp³-hybridized carbons (Fsp3) is 1.00. The van der Waals surface area contributed by atoms with Gasteiger partial charge in [-0.1, -0.05) is 12.8 Å². The Kier molecular flexibility index (Phi) is 7.01. The predicted octanol–water partition coefficient (Wildman–Crippen LogP) is 2.21. The van der Waals surface area contributed by atoms with Crippen molar-refractivity contribution in [3.05, 3.63) is 0 Å². The molecule has 1 saturated carbocycles. The van der Waals surface area contributed by atoms with Crippen LogP contribution in [0, 0.1) is 5.41 Å². The van der Waals surface area contributed by atoms with Gasteiger partial charge in [-0.15, -0.1) is 0 Å². The number of methoxy groups -OCH3 is 2. The monoisotopic (exact) mass is 229 g/mol. The summed E-state index contributed by atoms with van der Waals surface area (Å²) < 4.78 is 10.3. The fourth-order valence-corrected chi connectivity index (χ4v) is 2.65. The van der Waals surface area contributed by atoms with E-state index in [1.807, 2.05) is 0 Å². The lowest BCUT2D eigenvalue weighted by molar-refractivity contribution is 0.134. The summed E-state index contributed by atoms with van der Waals surface area (Å²) in [7, 11) is 3.56. The van der Waals surface area contributed by atoms with Crippen molar-refractivity contribution in [2.45, 2.75) is 38.5 Å². The van der Waals surface area contributed by atoms with Crippen molar-refractivity contribution in [3.63, 3.8) is 0 Å². The van der Waals surface area contributed by atoms with Crippen LogP contribution in [0.15, 0.2) is 0 Å². The highest BCUT2D eigenvalue weighted by atomic mass is 16.5. The highest BCUT2D eigenvalue weighted by Gasteiger charge is 2.32. The molecule has 0 bridgehead atoms. The van der Waals surface area contributed by atoms with Crippen LogP contribution < -0.4 is 5.32 Å². The Morgan fingerprint density at radius 3 is 2.38 bits per heavy atom. The van der Waals surface area contributed by atoms with Crippen LogP contribution in [0.25, 0.3) is 0 Å². The zero-order valence-corrected chi connectivity index (χ0v) is 10.9. The van der Waals surface area contributed by atoms with E-state index in [0.717, 1.165) is 32.7 Å². The maximum Gasteiger partial charge on any atom is 0.0474 e. The van der Waals surface area contributed by atoms with Crippen molar-refractivity contribution in [3.8, 4) is 0 Å². The molecule has 0 aliphatic heterocycles. The van der Waals surface area contributed by atoms with E-state index in [1.54, 1.807) is 14.2 Å². The van der Waals surface area contributed by atoms with Gasteiger partial charge in [0.25, 0.3) is 0 Å². The molecule has 1 N–H and O–H groups in total. The Balaban J connectivity index is 2.17. The number of nitrogens with one attached hydrogen (secondary N) is 1. The van der Waals surface area contributed by atoms with Crippen LogP contribution in [0.4, 0.5) is 0 Å². The molecule has 3 nitrogen and oxygen atoms in total. The van der Waals surface area contributed by atoms with Crippen LogP contribution in [0.5, 0.6) is 0 Å². The molecule has 0 saturated heterocycles. The van der Waals surface area contributed by atoms with Gasteiger partial charge in [0, 0.05) is 34.0 Å². The predicted molar refractivity (Wildman–Crippen MR) is 66.8 cm³/mol. The van der Waals surface area contributed by atoms with E-state index in [4.69, 9.17) is 9.47 Å². The van der Waals surface area contributed by atoms with Gasteiger partial charge >= 0.3 is 0 Å². The largest absolute Gasteiger partial charge is 0.385 e. The summed E-state index contributed by atoms with van der Waals surface area (Å²) in [4.78, 5) is 0. The summed E-state index contributed by atoms with van der Waals surface area (Å²) in [5.41, 5.74) is 0.517. The lowest BCUT2D eigenvalue weighted by Gasteiger charge is -2.29. The average molecular weight is 229 g/mol. The van der Waals surface area contributed by atoms with Crippen molar-refractivity contribution in [2.24, 2.45) is 5.41 Å². The van der Waals surface area contributed by atoms with Crippen LogP contribution in [-0.4, -0.2) is 40.5 Å². The van der Waals surface area contributed by atoms with E-state index >= 15 is 0 Å². The Hall–Kier alpha value is -0.120. The molecular weight excluding hydrogens is 202 g/mol. The van der Waals surface area contributed by atoms with Gasteiger partial charge in [0.2, 0.25) is 0 Å². The van der Waals surface area contributed by atoms with E-state index in [2.05, 4.69) is 5.32 Å². The second kappa shape index (κ2) is 8.04. The minimum Gasteiger partial charge on any atom is -0.385 e. The zero-order chi connectivity index (χ0) is 11.7. The minimum absolute atomic E-state index is 0.517. The molecule has 96 valence electrons. The first-order valence-electron chi connectivity index (χ1n) is 6.52. The lowest BCUT2D eigenvalue weighted by Crippen LogP contribution is -2.34. The molecule has 1 fully saturated rings. The third-order valence-corrected chi connectivity index (χ3v) is 3.70. The first-order valence-corrected chi connectivity index (χ1v) is 6.52. The maximum atomic E-state index is 5.23. The van der Waals surface area contributed by atoms with Crippen LogP contribution in [0.1, 0.15) is 38.5 Å². The summed E-state index contributed by atoms with van der Waals surface area (Å²) in [6.07, 6.45) is 7.84. The summed E-state index contributed by atoms with van der Waals surface area (Å²) in [5, 5.41) is 3.58. The molecule has 1 aliphatic carbocycles. The molecule has 0 atom stereocenters. The normalized spacial score (nSPS) is 19.1. The van der Waals surface area contributed by atoms with Gasteiger partial charge in [0.15, 0.2) is 0 Å². The van der Waals surface area contributed by atoms with E-state index in [0.29, 0.717) is 5.41 Å². The van der Waals surface area contributed by atoms with Gasteiger partial charge in [-0.25, -0.2) is 0 Å². The SMILES string of the molecule is COCCCNCC1(CCOC)CCCC1. The summed E-state index contributed by atoms with van der Waals surface area (Å²) in [6, 6.07) is 0. The molecule has 0 aromatic carbocycles. The van der Waals surface area contributed by atoms with Crippen LogP contribution in [0.2, 0.25) is 0 Å². The highest BCUT2D eigenvalue weighted by molar-refractivity contribution is 4.86. The summed E-state index contributed by atoms with van der Waals surface area (Å²) >= 11 is 0. The smallest absolute Gasteiger partial charge is 0.0474 e. The van der Waals surface area contributed by atoms with E-state index in [9.17, 15) is 0 Å². The molecule has 16 heavy (non-hydrogen) atoms. The highest BCUT2D eigenvalue weighted by Crippen LogP contribution is 2.40. The summed E-state index contributed by atoms with van der Waals surface area (Å²) in [5.74, 6) is 0. The van der Waals surface area contributed by atoms with Crippen molar-refractivity contribution in [2.75, 3.05) is 40.5 Å². The molecule has 0 spiro atoms. The van der Waals surface area contributed by atoms with Gasteiger partial charge < -0.3 is 14.8 Å². The Bertz CT molecular complexity index is 167. The molecule has 0 amide bonds. The Morgan fingerprint density at radius 2 is 1.75 bits per heavy atom. The Labute approximate surface area is 99.9 Å². The topological polar surface area (TPSA) is 30.5 Å². The van der Waals surface area contributed by atoms with E-state index in [1.165, 1.54) is 32.1 Å². The molecular formula is C13H27NO2. The fourth-order valence-electron chi connectivity index (χ4n) is 2.65. The quantitative estimate of drug-likeness (QED) is 0.615. The second-order valence-electron chi connectivity index (χ2n) is 4.97. The third kappa shape index (κ3) is 4.81. The van der Waals surface area contributed by atoms with Gasteiger partial charge in [0.1, 0.15) is 0 Å². The van der Waals surface area contributed by atoms with Crippen LogP contribution >= 0.6 is 0 Å². The van der Waals surface area contributed by atoms with Crippen molar-refractivity contribution >= 4 is 0 Å². The number of rotatable bonds is 9. The maximum absolute atomic E-state index is 5.23. The first-order chi connectivity index (χ1) is 7.83. The summed E-state index contributed by atoms with van der Waals surface area (Å²) in [6.45, 7) is 3.99. The lowest BCUT2D eigenvalue weighted by atomic mass is 9.83. The molecule has 0 aromatic heterocycles. The number of ether oxygens (including phenoxy) is 2.